The molecule has 1 aliphatic heterocycles. The first-order valence-electron chi connectivity index (χ1n) is 10.4. The lowest BCUT2D eigenvalue weighted by atomic mass is 9.74. The van der Waals surface area contributed by atoms with Crippen LogP contribution in [0.25, 0.3) is 0 Å². The lowest BCUT2D eigenvalue weighted by molar-refractivity contribution is -0.0117. The topological polar surface area (TPSA) is 32.7 Å². The normalized spacial score (nSPS) is 18.2. The van der Waals surface area contributed by atoms with Crippen LogP contribution in [0.4, 0.5) is 0 Å². The molecule has 1 N–H and O–H groups in total. The Hall–Kier alpha value is -1.84. The average molecular weight is 368 g/mol. The summed E-state index contributed by atoms with van der Waals surface area (Å²) in [4.78, 5) is 2.51. The van der Waals surface area contributed by atoms with Gasteiger partial charge in [-0.15, -0.1) is 0 Å². The Kier molecular flexibility index (Phi) is 6.92. The second-order valence-electron chi connectivity index (χ2n) is 7.60. The molecule has 0 amide bonds. The quantitative estimate of drug-likeness (QED) is 0.680. The molecule has 146 valence electrons. The van der Waals surface area contributed by atoms with Crippen molar-refractivity contribution in [2.45, 2.75) is 51.0 Å². The predicted molar refractivity (Wildman–Crippen MR) is 111 cm³/mol. The zero-order valence-corrected chi connectivity index (χ0v) is 16.7. The molecule has 2 aromatic rings. The van der Waals surface area contributed by atoms with Crippen LogP contribution < -0.4 is 4.74 Å². The van der Waals surface area contributed by atoms with Gasteiger partial charge in [-0.25, -0.2) is 0 Å². The van der Waals surface area contributed by atoms with Crippen molar-refractivity contribution < 1.29 is 9.84 Å². The largest absolute Gasteiger partial charge is 0.494 e. The zero-order chi connectivity index (χ0) is 19.1. The summed E-state index contributed by atoms with van der Waals surface area (Å²) in [5, 5.41) is 12.0. The van der Waals surface area contributed by atoms with Gasteiger partial charge in [0, 0.05) is 12.5 Å². The maximum atomic E-state index is 12.0. The summed E-state index contributed by atoms with van der Waals surface area (Å²) >= 11 is 0. The molecule has 1 fully saturated rings. The van der Waals surface area contributed by atoms with Crippen LogP contribution in [0, 0.1) is 0 Å². The number of nitrogens with zero attached hydrogens (tertiary/aromatic N) is 1. The highest BCUT2D eigenvalue weighted by Gasteiger charge is 2.39. The highest BCUT2D eigenvalue weighted by Crippen LogP contribution is 2.42. The molecule has 2 atom stereocenters. The summed E-state index contributed by atoms with van der Waals surface area (Å²) in [6.07, 6.45) is 4.20. The lowest BCUT2D eigenvalue weighted by Gasteiger charge is -2.39. The number of ether oxygens (including phenoxy) is 1. The van der Waals surface area contributed by atoms with Crippen LogP contribution in [-0.4, -0.2) is 36.2 Å². The van der Waals surface area contributed by atoms with Gasteiger partial charge in [-0.3, -0.25) is 0 Å². The Bertz CT molecular complexity index is 679. The molecule has 1 heterocycles. The molecular formula is C24H33NO2. The number of hydrogen-bond acceptors (Lipinski definition) is 3. The van der Waals surface area contributed by atoms with E-state index in [1.807, 2.05) is 37.3 Å². The smallest absolute Gasteiger partial charge is 0.119 e. The van der Waals surface area contributed by atoms with Gasteiger partial charge >= 0.3 is 0 Å². The maximum Gasteiger partial charge on any atom is 0.119 e. The van der Waals surface area contributed by atoms with Gasteiger partial charge in [-0.1, -0.05) is 55.8 Å². The number of benzene rings is 2. The summed E-state index contributed by atoms with van der Waals surface area (Å²) in [5.74, 6) is 0.908. The molecule has 3 heteroatoms. The third-order valence-electron chi connectivity index (χ3n) is 5.71. The second kappa shape index (κ2) is 9.38. The molecule has 0 aliphatic carbocycles. The molecule has 0 saturated carbocycles. The minimum atomic E-state index is -0.885. The molecule has 0 bridgehead atoms. The summed E-state index contributed by atoms with van der Waals surface area (Å²) in [7, 11) is 0. The number of likely N-dealkylation sites (tertiary alicyclic amines) is 1. The second-order valence-corrected chi connectivity index (χ2v) is 7.60. The fraction of sp³-hybridized carbons (Fsp3) is 0.500. The number of rotatable bonds is 9. The first kappa shape index (κ1) is 19.9. The van der Waals surface area contributed by atoms with Crippen molar-refractivity contribution in [1.29, 1.82) is 0 Å². The van der Waals surface area contributed by atoms with E-state index < -0.39 is 5.60 Å². The van der Waals surface area contributed by atoms with Crippen LogP contribution in [0.1, 0.15) is 56.6 Å². The average Bonchev–Trinajstić information content (AvgIpc) is 3.21. The monoisotopic (exact) mass is 367 g/mol. The SMILES string of the molecule is CCC[C@](O)(c1ccc(OCC)cc1)[C@@H](CN1CCCC1)c1ccccc1. The van der Waals surface area contributed by atoms with Gasteiger partial charge in [0.15, 0.2) is 0 Å². The van der Waals surface area contributed by atoms with Crippen LogP contribution in [0.15, 0.2) is 54.6 Å². The van der Waals surface area contributed by atoms with Crippen LogP contribution in [0.3, 0.4) is 0 Å². The van der Waals surface area contributed by atoms with E-state index in [0.29, 0.717) is 6.61 Å². The van der Waals surface area contributed by atoms with Crippen molar-refractivity contribution in [3.63, 3.8) is 0 Å². The van der Waals surface area contributed by atoms with Crippen LogP contribution in [0.2, 0.25) is 0 Å². The summed E-state index contributed by atoms with van der Waals surface area (Å²) in [6, 6.07) is 18.6. The molecule has 1 saturated heterocycles. The van der Waals surface area contributed by atoms with Crippen LogP contribution >= 0.6 is 0 Å². The molecular weight excluding hydrogens is 334 g/mol. The van der Waals surface area contributed by atoms with E-state index in [0.717, 1.165) is 43.8 Å². The van der Waals surface area contributed by atoms with Gasteiger partial charge in [0.05, 0.1) is 12.2 Å². The van der Waals surface area contributed by atoms with E-state index in [1.165, 1.54) is 18.4 Å². The van der Waals surface area contributed by atoms with E-state index in [9.17, 15) is 5.11 Å². The lowest BCUT2D eigenvalue weighted by Crippen LogP contribution is -2.40. The molecule has 0 unspecified atom stereocenters. The van der Waals surface area contributed by atoms with Crippen LogP contribution in [0.5, 0.6) is 5.75 Å². The van der Waals surface area contributed by atoms with Crippen LogP contribution in [-0.2, 0) is 5.60 Å². The molecule has 0 aromatic heterocycles. The van der Waals surface area contributed by atoms with E-state index in [4.69, 9.17) is 4.74 Å². The molecule has 1 aliphatic rings. The Morgan fingerprint density at radius 3 is 2.26 bits per heavy atom. The molecule has 0 radical (unpaired) electrons. The minimum absolute atomic E-state index is 0.0506. The first-order chi connectivity index (χ1) is 13.2. The highest BCUT2D eigenvalue weighted by molar-refractivity contribution is 5.35. The summed E-state index contributed by atoms with van der Waals surface area (Å²) < 4.78 is 5.60. The molecule has 0 spiro atoms. The molecule has 2 aromatic carbocycles. The Morgan fingerprint density at radius 2 is 1.67 bits per heavy atom. The number of aliphatic hydroxyl groups is 1. The van der Waals surface area contributed by atoms with Gasteiger partial charge < -0.3 is 14.7 Å². The standard InChI is InChI=1S/C24H33NO2/c1-3-16-24(26,21-12-14-22(15-13-21)27-4-2)23(19-25-17-8-9-18-25)20-10-6-5-7-11-20/h5-7,10-15,23,26H,3-4,8-9,16-19H2,1-2H3/t23-,24-/m0/s1. The maximum absolute atomic E-state index is 12.0. The van der Waals surface area contributed by atoms with E-state index in [-0.39, 0.29) is 5.92 Å². The summed E-state index contributed by atoms with van der Waals surface area (Å²) in [6.45, 7) is 7.96. The Balaban J connectivity index is 1.97. The summed E-state index contributed by atoms with van der Waals surface area (Å²) in [5.41, 5.74) is 1.32. The highest BCUT2D eigenvalue weighted by atomic mass is 16.5. The van der Waals surface area contributed by atoms with Gasteiger partial charge in [0.2, 0.25) is 0 Å². The Morgan fingerprint density at radius 1 is 1.00 bits per heavy atom. The fourth-order valence-electron chi connectivity index (χ4n) is 4.35. The zero-order valence-electron chi connectivity index (χ0n) is 16.7. The van der Waals surface area contributed by atoms with Crippen molar-refractivity contribution in [2.75, 3.05) is 26.2 Å². The Labute approximate surface area is 164 Å². The molecule has 3 nitrogen and oxygen atoms in total. The third kappa shape index (κ3) is 4.72. The molecule has 27 heavy (non-hydrogen) atoms. The van der Waals surface area contributed by atoms with Crippen molar-refractivity contribution >= 4 is 0 Å². The third-order valence-corrected chi connectivity index (χ3v) is 5.71. The molecule has 3 rings (SSSR count). The van der Waals surface area contributed by atoms with Gasteiger partial charge in [-0.05, 0) is 62.5 Å². The minimum Gasteiger partial charge on any atom is -0.494 e. The van der Waals surface area contributed by atoms with Crippen molar-refractivity contribution in [3.8, 4) is 5.75 Å². The van der Waals surface area contributed by atoms with E-state index >= 15 is 0 Å². The van der Waals surface area contributed by atoms with Crippen molar-refractivity contribution in [2.24, 2.45) is 0 Å². The number of hydrogen-bond donors (Lipinski definition) is 1. The van der Waals surface area contributed by atoms with E-state index in [1.54, 1.807) is 0 Å². The van der Waals surface area contributed by atoms with Crippen molar-refractivity contribution in [3.05, 3.63) is 65.7 Å². The van der Waals surface area contributed by atoms with E-state index in [2.05, 4.69) is 36.1 Å². The van der Waals surface area contributed by atoms with Gasteiger partial charge in [0.25, 0.3) is 0 Å². The van der Waals surface area contributed by atoms with Crippen molar-refractivity contribution in [1.82, 2.24) is 4.90 Å². The van der Waals surface area contributed by atoms with Gasteiger partial charge in [0.1, 0.15) is 5.75 Å². The van der Waals surface area contributed by atoms with Gasteiger partial charge in [-0.2, -0.15) is 0 Å². The first-order valence-corrected chi connectivity index (χ1v) is 10.4. The predicted octanol–water partition coefficient (Wildman–Crippen LogP) is 4.95. The fourth-order valence-corrected chi connectivity index (χ4v) is 4.35.